The van der Waals surface area contributed by atoms with Crippen LogP contribution in [0.5, 0.6) is 0 Å². The van der Waals surface area contributed by atoms with Crippen molar-refractivity contribution in [3.8, 4) is 11.5 Å². The van der Waals surface area contributed by atoms with Gasteiger partial charge in [-0.2, -0.15) is 26.3 Å². The Hall–Kier alpha value is -4.36. The number of carbonyl (C=O) groups excluding carboxylic acids is 3. The number of nitrogens with one attached hydrogen (secondary N) is 2. The van der Waals surface area contributed by atoms with Gasteiger partial charge in [-0.15, -0.1) is 0 Å². The molecule has 8 nitrogen and oxygen atoms in total. The molecule has 0 saturated heterocycles. The Morgan fingerprint density at radius 2 is 1.59 bits per heavy atom. The minimum Gasteiger partial charge on any atom is -0.469 e. The van der Waals surface area contributed by atoms with Crippen molar-refractivity contribution >= 4 is 23.5 Å². The molecule has 0 radical (unpaired) electrons. The summed E-state index contributed by atoms with van der Waals surface area (Å²) in [6, 6.07) is 11.0. The SMILES string of the molecule is COC(=O)CC1CCC(c2ccc(NC(=O)CCNC(=O)c3nc(-c4ccccc4C(F)(F)F)oc3C(F)(F)F)cc2)CC1. The minimum atomic E-state index is -5.23. The Labute approximate surface area is 248 Å². The fraction of sp³-hybridized carbons (Fsp3) is 0.400. The molecular weight excluding hydrogens is 596 g/mol. The van der Waals surface area contributed by atoms with E-state index in [-0.39, 0.29) is 18.9 Å². The average molecular weight is 626 g/mol. The Kier molecular flexibility index (Phi) is 10.00. The van der Waals surface area contributed by atoms with Crippen LogP contribution in [0.25, 0.3) is 11.5 Å². The summed E-state index contributed by atoms with van der Waals surface area (Å²) in [4.78, 5) is 39.9. The van der Waals surface area contributed by atoms with Crippen LogP contribution in [0.4, 0.5) is 32.0 Å². The fourth-order valence-corrected chi connectivity index (χ4v) is 5.15. The molecule has 0 atom stereocenters. The summed E-state index contributed by atoms with van der Waals surface area (Å²) in [5, 5.41) is 4.78. The quantitative estimate of drug-likeness (QED) is 0.196. The lowest BCUT2D eigenvalue weighted by molar-refractivity contribution is -0.153. The molecule has 3 aromatic rings. The molecule has 1 aromatic heterocycles. The van der Waals surface area contributed by atoms with Crippen LogP contribution in [0.3, 0.4) is 0 Å². The van der Waals surface area contributed by atoms with Gasteiger partial charge in [0, 0.05) is 30.6 Å². The predicted molar refractivity (Wildman–Crippen MR) is 145 cm³/mol. The van der Waals surface area contributed by atoms with Gasteiger partial charge in [0.15, 0.2) is 5.69 Å². The van der Waals surface area contributed by atoms with Gasteiger partial charge in [-0.05, 0) is 67.3 Å². The fourth-order valence-electron chi connectivity index (χ4n) is 5.15. The van der Waals surface area contributed by atoms with E-state index in [0.29, 0.717) is 30.0 Å². The topological polar surface area (TPSA) is 111 Å². The van der Waals surface area contributed by atoms with Gasteiger partial charge in [0.05, 0.1) is 12.7 Å². The molecule has 0 spiro atoms. The van der Waals surface area contributed by atoms with E-state index in [0.717, 1.165) is 49.4 Å². The Morgan fingerprint density at radius 1 is 0.932 bits per heavy atom. The lowest BCUT2D eigenvalue weighted by Gasteiger charge is -2.28. The van der Waals surface area contributed by atoms with Crippen molar-refractivity contribution in [3.63, 3.8) is 0 Å². The number of hydrogen-bond donors (Lipinski definition) is 2. The molecule has 1 aliphatic rings. The van der Waals surface area contributed by atoms with E-state index >= 15 is 0 Å². The van der Waals surface area contributed by atoms with E-state index < -0.39 is 52.6 Å². The monoisotopic (exact) mass is 625 g/mol. The molecule has 4 rings (SSSR count). The van der Waals surface area contributed by atoms with Gasteiger partial charge in [-0.3, -0.25) is 14.4 Å². The van der Waals surface area contributed by atoms with Crippen molar-refractivity contribution in [2.24, 2.45) is 5.92 Å². The summed E-state index contributed by atoms with van der Waals surface area (Å²) in [5.41, 5.74) is -1.72. The average Bonchev–Trinajstić information content (AvgIpc) is 3.44. The molecule has 0 unspecified atom stereocenters. The molecule has 1 heterocycles. The number of alkyl halides is 6. The number of oxazole rings is 1. The smallest absolute Gasteiger partial charge is 0.452 e. The van der Waals surface area contributed by atoms with Crippen LogP contribution in [0, 0.1) is 5.92 Å². The maximum Gasteiger partial charge on any atom is 0.452 e. The summed E-state index contributed by atoms with van der Waals surface area (Å²) >= 11 is 0. The highest BCUT2D eigenvalue weighted by Crippen LogP contribution is 2.40. The van der Waals surface area contributed by atoms with Crippen LogP contribution in [-0.2, 0) is 26.7 Å². The van der Waals surface area contributed by atoms with E-state index in [1.165, 1.54) is 7.11 Å². The number of aromatic nitrogens is 1. The van der Waals surface area contributed by atoms with E-state index in [1.807, 2.05) is 12.1 Å². The number of benzene rings is 2. The molecule has 0 aliphatic heterocycles. The first-order chi connectivity index (χ1) is 20.8. The Balaban J connectivity index is 1.32. The molecule has 2 amide bonds. The highest BCUT2D eigenvalue weighted by atomic mass is 19.4. The van der Waals surface area contributed by atoms with Crippen LogP contribution in [0.15, 0.2) is 52.9 Å². The lowest BCUT2D eigenvalue weighted by atomic mass is 9.77. The number of esters is 1. The summed E-state index contributed by atoms with van der Waals surface area (Å²) in [7, 11) is 1.37. The second kappa shape index (κ2) is 13.5. The molecule has 2 N–H and O–H groups in total. The standard InChI is InChI=1S/C30H29F6N3O5/c1-43-24(41)16-17-6-8-18(9-7-17)19-10-12-20(13-11-19)38-23(40)14-15-37-27(42)25-26(30(34,35)36)44-28(39-25)21-4-2-3-5-22(21)29(31,32)33/h2-5,10-13,17-18H,6-9,14-16H2,1H3,(H,37,42)(H,38,40). The zero-order valence-electron chi connectivity index (χ0n) is 23.5. The number of nitrogens with zero attached hydrogens (tertiary/aromatic N) is 1. The zero-order valence-corrected chi connectivity index (χ0v) is 23.5. The molecule has 1 saturated carbocycles. The summed E-state index contributed by atoms with van der Waals surface area (Å²) in [6.45, 7) is -0.379. The molecule has 2 aromatic carbocycles. The van der Waals surface area contributed by atoms with E-state index in [2.05, 4.69) is 20.0 Å². The first-order valence-corrected chi connectivity index (χ1v) is 13.8. The third kappa shape index (κ3) is 8.17. The van der Waals surface area contributed by atoms with Crippen molar-refractivity contribution in [2.75, 3.05) is 19.0 Å². The van der Waals surface area contributed by atoms with Gasteiger partial charge in [-0.25, -0.2) is 4.98 Å². The molecule has 236 valence electrons. The number of anilines is 1. The molecular formula is C30H29F6N3O5. The normalized spacial score (nSPS) is 17.2. The molecule has 1 fully saturated rings. The van der Waals surface area contributed by atoms with E-state index in [9.17, 15) is 40.7 Å². The highest BCUT2D eigenvalue weighted by molar-refractivity contribution is 5.95. The van der Waals surface area contributed by atoms with Crippen LogP contribution in [-0.4, -0.2) is 36.4 Å². The van der Waals surface area contributed by atoms with Gasteiger partial charge in [0.2, 0.25) is 17.6 Å². The third-order valence-electron chi connectivity index (χ3n) is 7.40. The summed E-state index contributed by atoms with van der Waals surface area (Å²) < 4.78 is 90.2. The van der Waals surface area contributed by atoms with Crippen molar-refractivity contribution in [2.45, 2.75) is 56.8 Å². The number of halogens is 6. The van der Waals surface area contributed by atoms with Crippen molar-refractivity contribution < 1.29 is 49.9 Å². The molecule has 14 heteroatoms. The van der Waals surface area contributed by atoms with Gasteiger partial charge in [0.1, 0.15) is 0 Å². The number of rotatable bonds is 9. The second-order valence-electron chi connectivity index (χ2n) is 10.4. The maximum atomic E-state index is 13.6. The molecule has 0 bridgehead atoms. The summed E-state index contributed by atoms with van der Waals surface area (Å²) in [5.74, 6) is -4.36. The number of carbonyl (C=O) groups is 3. The van der Waals surface area contributed by atoms with Gasteiger partial charge < -0.3 is 19.8 Å². The first-order valence-electron chi connectivity index (χ1n) is 13.8. The van der Waals surface area contributed by atoms with Crippen molar-refractivity contribution in [1.29, 1.82) is 0 Å². The van der Waals surface area contributed by atoms with E-state index in [1.54, 1.807) is 12.1 Å². The van der Waals surface area contributed by atoms with Gasteiger partial charge >= 0.3 is 18.3 Å². The summed E-state index contributed by atoms with van der Waals surface area (Å²) in [6.07, 6.45) is -6.37. The largest absolute Gasteiger partial charge is 0.469 e. The Morgan fingerprint density at radius 3 is 2.20 bits per heavy atom. The number of methoxy groups -OCH3 is 1. The number of hydrogen-bond acceptors (Lipinski definition) is 6. The van der Waals surface area contributed by atoms with E-state index in [4.69, 9.17) is 4.74 Å². The zero-order chi connectivity index (χ0) is 32.1. The second-order valence-corrected chi connectivity index (χ2v) is 10.4. The predicted octanol–water partition coefficient (Wildman–Crippen LogP) is 6.97. The van der Waals surface area contributed by atoms with Crippen LogP contribution >= 0.6 is 0 Å². The highest BCUT2D eigenvalue weighted by Gasteiger charge is 2.43. The number of ether oxygens (including phenoxy) is 1. The first kappa shape index (κ1) is 32.6. The van der Waals surface area contributed by atoms with Crippen molar-refractivity contribution in [3.05, 3.63) is 71.1 Å². The third-order valence-corrected chi connectivity index (χ3v) is 7.40. The maximum absolute atomic E-state index is 13.6. The van der Waals surface area contributed by atoms with Gasteiger partial charge in [0.25, 0.3) is 5.91 Å². The molecule has 1 aliphatic carbocycles. The van der Waals surface area contributed by atoms with Gasteiger partial charge in [-0.1, -0.05) is 24.3 Å². The van der Waals surface area contributed by atoms with Crippen molar-refractivity contribution in [1.82, 2.24) is 10.3 Å². The van der Waals surface area contributed by atoms with Crippen LogP contribution in [0.1, 0.15) is 71.8 Å². The molecule has 44 heavy (non-hydrogen) atoms. The van der Waals surface area contributed by atoms with Crippen LogP contribution in [0.2, 0.25) is 0 Å². The Bertz CT molecular complexity index is 1480. The number of amides is 2. The van der Waals surface area contributed by atoms with Crippen LogP contribution < -0.4 is 10.6 Å². The lowest BCUT2D eigenvalue weighted by Crippen LogP contribution is -2.29. The minimum absolute atomic E-state index is 0.211.